The summed E-state index contributed by atoms with van der Waals surface area (Å²) in [6.45, 7) is 3.57. The standard InChI is InChI=1S/C10H16N2/c1-9-2-3-10(6-9)7-12-5-4-11-8-12/h4-5,8-10H,2-3,6-7H2,1H3/p+1. The van der Waals surface area contributed by atoms with E-state index in [1.807, 2.05) is 12.5 Å². The molecule has 0 amide bonds. The molecule has 0 spiro atoms. The number of hydrogen-bond donors (Lipinski definition) is 1. The molecular formula is C10H17N2+. The number of imidazole rings is 1. The van der Waals surface area contributed by atoms with Crippen molar-refractivity contribution in [3.63, 3.8) is 0 Å². The first-order valence-electron chi connectivity index (χ1n) is 4.86. The normalized spacial score (nSPS) is 29.4. The molecule has 1 heterocycles. The van der Waals surface area contributed by atoms with Crippen LogP contribution in [-0.2, 0) is 6.54 Å². The van der Waals surface area contributed by atoms with Crippen molar-refractivity contribution >= 4 is 0 Å². The number of nitrogens with zero attached hydrogens (tertiary/aromatic N) is 1. The Labute approximate surface area is 73.6 Å². The van der Waals surface area contributed by atoms with Crippen LogP contribution in [0.2, 0.25) is 0 Å². The van der Waals surface area contributed by atoms with Gasteiger partial charge in [0.15, 0.2) is 0 Å². The summed E-state index contributed by atoms with van der Waals surface area (Å²) < 4.78 is 2.25. The summed E-state index contributed by atoms with van der Waals surface area (Å²) in [7, 11) is 0. The smallest absolute Gasteiger partial charge is 0.241 e. The lowest BCUT2D eigenvalue weighted by atomic mass is 10.1. The molecule has 1 aromatic heterocycles. The number of nitrogens with one attached hydrogen (secondary N) is 1. The lowest BCUT2D eigenvalue weighted by Crippen LogP contribution is -2.34. The van der Waals surface area contributed by atoms with Crippen LogP contribution in [0.1, 0.15) is 26.2 Å². The van der Waals surface area contributed by atoms with Crippen LogP contribution < -0.4 is 4.57 Å². The second kappa shape index (κ2) is 3.30. The second-order valence-electron chi connectivity index (χ2n) is 4.09. The van der Waals surface area contributed by atoms with E-state index in [2.05, 4.69) is 22.7 Å². The minimum absolute atomic E-state index is 0.917. The third-order valence-electron chi connectivity index (χ3n) is 2.88. The van der Waals surface area contributed by atoms with E-state index in [1.165, 1.54) is 25.8 Å². The summed E-state index contributed by atoms with van der Waals surface area (Å²) in [6, 6.07) is 0. The third-order valence-corrected chi connectivity index (χ3v) is 2.88. The van der Waals surface area contributed by atoms with E-state index in [1.54, 1.807) is 0 Å². The van der Waals surface area contributed by atoms with Crippen molar-refractivity contribution in [1.82, 2.24) is 4.98 Å². The lowest BCUT2D eigenvalue weighted by molar-refractivity contribution is -0.701. The van der Waals surface area contributed by atoms with Crippen LogP contribution in [0.25, 0.3) is 0 Å². The fourth-order valence-corrected chi connectivity index (χ4v) is 2.22. The monoisotopic (exact) mass is 165 g/mol. The topological polar surface area (TPSA) is 19.7 Å². The Bertz CT molecular complexity index is 228. The molecule has 66 valence electrons. The summed E-state index contributed by atoms with van der Waals surface area (Å²) in [4.78, 5) is 3.08. The minimum Gasteiger partial charge on any atom is -0.250 e. The van der Waals surface area contributed by atoms with Gasteiger partial charge in [0.2, 0.25) is 6.33 Å². The highest BCUT2D eigenvalue weighted by Gasteiger charge is 2.22. The summed E-state index contributed by atoms with van der Waals surface area (Å²) in [6.07, 6.45) is 10.4. The molecule has 0 saturated heterocycles. The molecule has 0 aliphatic heterocycles. The van der Waals surface area contributed by atoms with Gasteiger partial charge in [-0.1, -0.05) is 13.3 Å². The maximum absolute atomic E-state index is 3.08. The van der Waals surface area contributed by atoms with E-state index in [0.717, 1.165) is 11.8 Å². The van der Waals surface area contributed by atoms with Gasteiger partial charge in [-0.25, -0.2) is 4.57 Å². The summed E-state index contributed by atoms with van der Waals surface area (Å²) in [5.41, 5.74) is 0. The van der Waals surface area contributed by atoms with Crippen molar-refractivity contribution in [2.24, 2.45) is 11.8 Å². The fourth-order valence-electron chi connectivity index (χ4n) is 2.22. The predicted octanol–water partition coefficient (Wildman–Crippen LogP) is 1.74. The Kier molecular flexibility index (Phi) is 2.15. The number of rotatable bonds is 2. The minimum atomic E-state index is 0.917. The quantitative estimate of drug-likeness (QED) is 0.644. The number of aromatic amines is 1. The first-order valence-corrected chi connectivity index (χ1v) is 4.86. The van der Waals surface area contributed by atoms with Crippen LogP contribution in [-0.4, -0.2) is 4.98 Å². The van der Waals surface area contributed by atoms with Gasteiger partial charge in [-0.3, -0.25) is 4.98 Å². The maximum Gasteiger partial charge on any atom is 0.241 e. The van der Waals surface area contributed by atoms with E-state index < -0.39 is 0 Å². The van der Waals surface area contributed by atoms with Gasteiger partial charge in [-0.15, -0.1) is 0 Å². The van der Waals surface area contributed by atoms with Gasteiger partial charge in [0.05, 0.1) is 6.54 Å². The first kappa shape index (κ1) is 7.84. The van der Waals surface area contributed by atoms with E-state index in [0.29, 0.717) is 0 Å². The number of aromatic nitrogens is 2. The van der Waals surface area contributed by atoms with E-state index >= 15 is 0 Å². The molecule has 2 atom stereocenters. The molecule has 1 aromatic rings. The average molecular weight is 165 g/mol. The molecule has 1 N–H and O–H groups in total. The molecule has 2 heteroatoms. The molecule has 2 nitrogen and oxygen atoms in total. The molecule has 2 rings (SSSR count). The molecule has 0 bridgehead atoms. The van der Waals surface area contributed by atoms with Crippen molar-refractivity contribution in [1.29, 1.82) is 0 Å². The summed E-state index contributed by atoms with van der Waals surface area (Å²) in [5, 5.41) is 0. The lowest BCUT2D eigenvalue weighted by Gasteiger charge is -2.04. The Hall–Kier alpha value is -0.790. The van der Waals surface area contributed by atoms with Gasteiger partial charge in [0.25, 0.3) is 0 Å². The molecule has 1 aliphatic rings. The highest BCUT2D eigenvalue weighted by Crippen LogP contribution is 2.30. The second-order valence-corrected chi connectivity index (χ2v) is 4.09. The van der Waals surface area contributed by atoms with E-state index in [4.69, 9.17) is 0 Å². The molecule has 1 aliphatic carbocycles. The van der Waals surface area contributed by atoms with E-state index in [-0.39, 0.29) is 0 Å². The zero-order valence-corrected chi connectivity index (χ0v) is 7.66. The zero-order valence-electron chi connectivity index (χ0n) is 7.66. The van der Waals surface area contributed by atoms with Gasteiger partial charge in [0.1, 0.15) is 12.4 Å². The van der Waals surface area contributed by atoms with Crippen LogP contribution in [0, 0.1) is 11.8 Å². The van der Waals surface area contributed by atoms with Gasteiger partial charge in [0, 0.05) is 0 Å². The van der Waals surface area contributed by atoms with Crippen LogP contribution in [0.5, 0.6) is 0 Å². The van der Waals surface area contributed by atoms with Crippen molar-refractivity contribution in [3.8, 4) is 0 Å². The summed E-state index contributed by atoms with van der Waals surface area (Å²) in [5.74, 6) is 1.87. The van der Waals surface area contributed by atoms with Crippen molar-refractivity contribution < 1.29 is 4.57 Å². The van der Waals surface area contributed by atoms with Gasteiger partial charge < -0.3 is 0 Å². The summed E-state index contributed by atoms with van der Waals surface area (Å²) >= 11 is 0. The van der Waals surface area contributed by atoms with Crippen LogP contribution in [0.4, 0.5) is 0 Å². The zero-order chi connectivity index (χ0) is 8.39. The van der Waals surface area contributed by atoms with Crippen molar-refractivity contribution in [2.45, 2.75) is 32.7 Å². The Morgan fingerprint density at radius 3 is 3.00 bits per heavy atom. The highest BCUT2D eigenvalue weighted by atomic mass is 15.0. The van der Waals surface area contributed by atoms with Crippen molar-refractivity contribution in [2.75, 3.05) is 0 Å². The maximum atomic E-state index is 3.08. The Balaban J connectivity index is 1.88. The average Bonchev–Trinajstić information content (AvgIpc) is 2.63. The van der Waals surface area contributed by atoms with Crippen LogP contribution >= 0.6 is 0 Å². The van der Waals surface area contributed by atoms with Gasteiger partial charge >= 0.3 is 0 Å². The molecule has 0 aromatic carbocycles. The van der Waals surface area contributed by atoms with Gasteiger partial charge in [-0.2, -0.15) is 0 Å². The SMILES string of the molecule is CC1CCC(C[n+]2cc[nH]c2)C1. The number of hydrogen-bond acceptors (Lipinski definition) is 0. The Morgan fingerprint density at radius 2 is 2.42 bits per heavy atom. The molecule has 1 saturated carbocycles. The predicted molar refractivity (Wildman–Crippen MR) is 47.5 cm³/mol. The molecule has 0 radical (unpaired) electrons. The van der Waals surface area contributed by atoms with Gasteiger partial charge in [-0.05, 0) is 24.7 Å². The first-order chi connectivity index (χ1) is 5.84. The Morgan fingerprint density at radius 1 is 1.50 bits per heavy atom. The van der Waals surface area contributed by atoms with E-state index in [9.17, 15) is 0 Å². The van der Waals surface area contributed by atoms with Crippen LogP contribution in [0.3, 0.4) is 0 Å². The molecule has 1 fully saturated rings. The third kappa shape index (κ3) is 1.68. The fraction of sp³-hybridized carbons (Fsp3) is 0.700. The molecular weight excluding hydrogens is 148 g/mol. The largest absolute Gasteiger partial charge is 0.250 e. The van der Waals surface area contributed by atoms with Crippen LogP contribution in [0.15, 0.2) is 18.7 Å². The molecule has 12 heavy (non-hydrogen) atoms. The number of H-pyrrole nitrogens is 1. The molecule has 2 unspecified atom stereocenters. The highest BCUT2D eigenvalue weighted by molar-refractivity contribution is 4.70. The van der Waals surface area contributed by atoms with Crippen molar-refractivity contribution in [3.05, 3.63) is 18.7 Å².